The number of rotatable bonds is 1. The Hall–Kier alpha value is -0.550. The standard InChI is InChI=1S/C11H12BrN3S/c12-7-5-8-10(13-6-7)15-11(14-8)9-3-1-2-4-16-9/h5-6,9H,1-4H2,(H,13,14,15). The van der Waals surface area contributed by atoms with Gasteiger partial charge in [-0.15, -0.1) is 0 Å². The molecule has 0 amide bonds. The van der Waals surface area contributed by atoms with Crippen LogP contribution in [0.5, 0.6) is 0 Å². The lowest BCUT2D eigenvalue weighted by molar-refractivity contribution is 0.668. The number of H-pyrrole nitrogens is 1. The van der Waals surface area contributed by atoms with Gasteiger partial charge in [0, 0.05) is 10.7 Å². The van der Waals surface area contributed by atoms with E-state index in [0.29, 0.717) is 5.25 Å². The Labute approximate surface area is 107 Å². The number of fused-ring (bicyclic) bond motifs is 1. The smallest absolute Gasteiger partial charge is 0.177 e. The zero-order chi connectivity index (χ0) is 11.0. The van der Waals surface area contributed by atoms with Crippen molar-refractivity contribution in [2.75, 3.05) is 5.75 Å². The second-order valence-electron chi connectivity index (χ2n) is 4.00. The number of pyridine rings is 1. The first-order valence-electron chi connectivity index (χ1n) is 5.46. The van der Waals surface area contributed by atoms with Gasteiger partial charge in [-0.2, -0.15) is 11.8 Å². The van der Waals surface area contributed by atoms with Crippen molar-refractivity contribution < 1.29 is 0 Å². The zero-order valence-electron chi connectivity index (χ0n) is 8.74. The summed E-state index contributed by atoms with van der Waals surface area (Å²) in [5.74, 6) is 2.34. The first-order chi connectivity index (χ1) is 7.83. The Kier molecular flexibility index (Phi) is 2.90. The quantitative estimate of drug-likeness (QED) is 0.873. The number of hydrogen-bond acceptors (Lipinski definition) is 3. The van der Waals surface area contributed by atoms with Crippen LogP contribution >= 0.6 is 27.7 Å². The summed E-state index contributed by atoms with van der Waals surface area (Å²) in [6, 6.07) is 2.03. The fourth-order valence-electron chi connectivity index (χ4n) is 2.00. The summed E-state index contributed by atoms with van der Waals surface area (Å²) in [6.45, 7) is 0. The molecule has 1 atom stereocenters. The number of thioether (sulfide) groups is 1. The first kappa shape index (κ1) is 10.6. The molecule has 0 aliphatic carbocycles. The SMILES string of the molecule is Brc1cnc2nc(C3CCCCS3)[nH]c2c1. The number of aromatic amines is 1. The summed E-state index contributed by atoms with van der Waals surface area (Å²) >= 11 is 5.42. The van der Waals surface area contributed by atoms with E-state index in [0.717, 1.165) is 21.5 Å². The molecule has 0 spiro atoms. The van der Waals surface area contributed by atoms with Gasteiger partial charge in [0.05, 0.1) is 10.8 Å². The van der Waals surface area contributed by atoms with Crippen molar-refractivity contribution >= 4 is 38.9 Å². The molecule has 84 valence electrons. The van der Waals surface area contributed by atoms with Crippen LogP contribution < -0.4 is 0 Å². The van der Waals surface area contributed by atoms with Crippen molar-refractivity contribution in [2.45, 2.75) is 24.5 Å². The van der Waals surface area contributed by atoms with Crippen LogP contribution in [-0.2, 0) is 0 Å². The summed E-state index contributed by atoms with van der Waals surface area (Å²) < 4.78 is 0.992. The molecule has 2 aromatic rings. The van der Waals surface area contributed by atoms with Crippen LogP contribution in [0.3, 0.4) is 0 Å². The molecule has 3 rings (SSSR count). The van der Waals surface area contributed by atoms with Gasteiger partial charge in [0.25, 0.3) is 0 Å². The maximum Gasteiger partial charge on any atom is 0.177 e. The largest absolute Gasteiger partial charge is 0.340 e. The average molecular weight is 298 g/mol. The lowest BCUT2D eigenvalue weighted by Crippen LogP contribution is -2.03. The highest BCUT2D eigenvalue weighted by Gasteiger charge is 2.19. The molecule has 0 saturated carbocycles. The number of imidazole rings is 1. The van der Waals surface area contributed by atoms with Gasteiger partial charge in [-0.1, -0.05) is 6.42 Å². The van der Waals surface area contributed by atoms with Gasteiger partial charge in [0.15, 0.2) is 5.65 Å². The summed E-state index contributed by atoms with van der Waals surface area (Å²) in [5.41, 5.74) is 1.85. The van der Waals surface area contributed by atoms with Crippen molar-refractivity contribution in [1.29, 1.82) is 0 Å². The van der Waals surface area contributed by atoms with Gasteiger partial charge in [-0.3, -0.25) is 0 Å². The minimum atomic E-state index is 0.529. The highest BCUT2D eigenvalue weighted by atomic mass is 79.9. The van der Waals surface area contributed by atoms with Gasteiger partial charge in [-0.25, -0.2) is 9.97 Å². The molecule has 1 unspecified atom stereocenters. The topological polar surface area (TPSA) is 41.6 Å². The van der Waals surface area contributed by atoms with Crippen LogP contribution in [-0.4, -0.2) is 20.7 Å². The lowest BCUT2D eigenvalue weighted by atomic mass is 10.2. The van der Waals surface area contributed by atoms with Crippen LogP contribution in [0.15, 0.2) is 16.7 Å². The summed E-state index contributed by atoms with van der Waals surface area (Å²) in [6.07, 6.45) is 5.67. The van der Waals surface area contributed by atoms with Gasteiger partial charge in [0.1, 0.15) is 5.82 Å². The highest BCUT2D eigenvalue weighted by Crippen LogP contribution is 2.37. The number of nitrogens with one attached hydrogen (secondary N) is 1. The zero-order valence-corrected chi connectivity index (χ0v) is 11.1. The van der Waals surface area contributed by atoms with Crippen molar-refractivity contribution in [3.8, 4) is 0 Å². The molecular weight excluding hydrogens is 286 g/mol. The molecule has 0 radical (unpaired) electrons. The van der Waals surface area contributed by atoms with Crippen molar-refractivity contribution in [3.63, 3.8) is 0 Å². The summed E-state index contributed by atoms with van der Waals surface area (Å²) in [5, 5.41) is 0.529. The molecule has 3 heterocycles. The minimum Gasteiger partial charge on any atom is -0.340 e. The van der Waals surface area contributed by atoms with Crippen molar-refractivity contribution in [3.05, 3.63) is 22.6 Å². The lowest BCUT2D eigenvalue weighted by Gasteiger charge is -2.18. The fourth-order valence-corrected chi connectivity index (χ4v) is 3.59. The second-order valence-corrected chi connectivity index (χ2v) is 6.23. The molecule has 1 saturated heterocycles. The van der Waals surface area contributed by atoms with E-state index in [4.69, 9.17) is 0 Å². The highest BCUT2D eigenvalue weighted by molar-refractivity contribution is 9.10. The van der Waals surface area contributed by atoms with Crippen molar-refractivity contribution in [2.24, 2.45) is 0 Å². The fraction of sp³-hybridized carbons (Fsp3) is 0.455. The minimum absolute atomic E-state index is 0.529. The van der Waals surface area contributed by atoms with Gasteiger partial charge in [0.2, 0.25) is 0 Å². The molecule has 2 aromatic heterocycles. The number of aromatic nitrogens is 3. The summed E-state index contributed by atoms with van der Waals surface area (Å²) in [4.78, 5) is 12.2. The van der Waals surface area contributed by atoms with Gasteiger partial charge in [-0.05, 0) is 40.6 Å². The molecule has 3 nitrogen and oxygen atoms in total. The van der Waals surface area contributed by atoms with Crippen LogP contribution in [0.25, 0.3) is 11.2 Å². The van der Waals surface area contributed by atoms with Crippen LogP contribution in [0.4, 0.5) is 0 Å². The van der Waals surface area contributed by atoms with E-state index in [1.807, 2.05) is 17.8 Å². The average Bonchev–Trinajstić information content (AvgIpc) is 2.73. The van der Waals surface area contributed by atoms with E-state index >= 15 is 0 Å². The normalized spacial score (nSPS) is 21.4. The predicted molar refractivity (Wildman–Crippen MR) is 70.6 cm³/mol. The molecule has 1 aliphatic rings. The summed E-state index contributed by atoms with van der Waals surface area (Å²) in [7, 11) is 0. The third-order valence-electron chi connectivity index (χ3n) is 2.81. The van der Waals surface area contributed by atoms with Crippen LogP contribution in [0.1, 0.15) is 30.3 Å². The van der Waals surface area contributed by atoms with Crippen LogP contribution in [0.2, 0.25) is 0 Å². The Morgan fingerprint density at radius 1 is 1.44 bits per heavy atom. The van der Waals surface area contributed by atoms with E-state index in [1.54, 1.807) is 6.20 Å². The molecular formula is C11H12BrN3S. The van der Waals surface area contributed by atoms with Crippen LogP contribution in [0, 0.1) is 0 Å². The predicted octanol–water partition coefficient (Wildman–Crippen LogP) is 3.68. The Bertz CT molecular complexity index is 505. The Balaban J connectivity index is 1.97. The molecule has 16 heavy (non-hydrogen) atoms. The molecule has 5 heteroatoms. The molecule has 0 bridgehead atoms. The molecule has 0 aromatic carbocycles. The maximum atomic E-state index is 4.57. The van der Waals surface area contributed by atoms with Gasteiger partial charge < -0.3 is 4.98 Å². The number of halogens is 1. The number of hydrogen-bond donors (Lipinski definition) is 1. The number of nitrogens with zero attached hydrogens (tertiary/aromatic N) is 2. The second kappa shape index (κ2) is 4.37. The van der Waals surface area contributed by atoms with E-state index in [9.17, 15) is 0 Å². The first-order valence-corrected chi connectivity index (χ1v) is 7.30. The molecule has 1 aliphatic heterocycles. The monoisotopic (exact) mass is 297 g/mol. The third-order valence-corrected chi connectivity index (χ3v) is 4.63. The third kappa shape index (κ3) is 1.98. The van der Waals surface area contributed by atoms with E-state index < -0.39 is 0 Å². The molecule has 1 fully saturated rings. The van der Waals surface area contributed by atoms with Gasteiger partial charge >= 0.3 is 0 Å². The molecule has 1 N–H and O–H groups in total. The maximum absolute atomic E-state index is 4.57. The van der Waals surface area contributed by atoms with E-state index in [2.05, 4.69) is 30.9 Å². The van der Waals surface area contributed by atoms with E-state index in [-0.39, 0.29) is 0 Å². The van der Waals surface area contributed by atoms with Crippen molar-refractivity contribution in [1.82, 2.24) is 15.0 Å². The Morgan fingerprint density at radius 2 is 2.38 bits per heavy atom. The Morgan fingerprint density at radius 3 is 3.19 bits per heavy atom. The van der Waals surface area contributed by atoms with E-state index in [1.165, 1.54) is 25.0 Å².